The van der Waals surface area contributed by atoms with Gasteiger partial charge < -0.3 is 5.21 Å². The number of hydrazone groups is 1. The maximum Gasteiger partial charge on any atom is 0.366 e. The summed E-state index contributed by atoms with van der Waals surface area (Å²) < 4.78 is 0. The Morgan fingerprint density at radius 2 is 1.79 bits per heavy atom. The van der Waals surface area contributed by atoms with E-state index >= 15 is 0 Å². The van der Waals surface area contributed by atoms with Crippen molar-refractivity contribution in [2.45, 2.75) is 0 Å². The smallest absolute Gasteiger partial charge is 0.366 e. The Bertz CT molecular complexity index is 591. The second kappa shape index (κ2) is 5.39. The minimum atomic E-state index is -0.834. The average Bonchev–Trinajstić information content (AvgIpc) is 2.35. The molecule has 0 bridgehead atoms. The maximum atomic E-state index is 10.9. The molecule has 0 saturated heterocycles. The molecular formula is C8H8N6O5. The minimum absolute atomic E-state index is 0.0994. The fraction of sp³-hybridized carbons (Fsp3) is 0. The van der Waals surface area contributed by atoms with E-state index in [4.69, 9.17) is 11.5 Å². The highest BCUT2D eigenvalue weighted by molar-refractivity contribution is 5.85. The highest BCUT2D eigenvalue weighted by atomic mass is 16.6. The number of benzene rings is 1. The van der Waals surface area contributed by atoms with Crippen LogP contribution in [-0.4, -0.2) is 26.9 Å². The van der Waals surface area contributed by atoms with Crippen LogP contribution in [0.2, 0.25) is 0 Å². The van der Waals surface area contributed by atoms with Gasteiger partial charge in [-0.15, -0.1) is 9.95 Å². The predicted molar refractivity (Wildman–Crippen MR) is 64.4 cm³/mol. The van der Waals surface area contributed by atoms with E-state index in [0.717, 1.165) is 24.4 Å². The molecule has 0 heterocycles. The Morgan fingerprint density at radius 1 is 1.16 bits per heavy atom. The molecule has 11 nitrogen and oxygen atoms in total. The number of nitro groups is 2. The second-order valence-electron chi connectivity index (χ2n) is 3.20. The Balaban J connectivity index is 3.25. The van der Waals surface area contributed by atoms with Gasteiger partial charge in [-0.2, -0.15) is 0 Å². The summed E-state index contributed by atoms with van der Waals surface area (Å²) in [6.45, 7) is 0. The van der Waals surface area contributed by atoms with Crippen molar-refractivity contribution in [1.82, 2.24) is 0 Å². The molecular weight excluding hydrogens is 260 g/mol. The molecule has 0 aliphatic carbocycles. The number of rotatable bonds is 4. The van der Waals surface area contributed by atoms with E-state index in [-0.39, 0.29) is 10.4 Å². The highest BCUT2D eigenvalue weighted by Gasteiger charge is 2.18. The van der Waals surface area contributed by atoms with Crippen LogP contribution >= 0.6 is 0 Å². The molecule has 0 radical (unpaired) electrons. The van der Waals surface area contributed by atoms with Crippen LogP contribution in [0.25, 0.3) is 0 Å². The normalized spacial score (nSPS) is 10.3. The zero-order valence-corrected chi connectivity index (χ0v) is 9.29. The molecule has 11 heteroatoms. The second-order valence-corrected chi connectivity index (χ2v) is 3.20. The van der Waals surface area contributed by atoms with Gasteiger partial charge in [0.25, 0.3) is 11.4 Å². The monoisotopic (exact) mass is 268 g/mol. The van der Waals surface area contributed by atoms with E-state index in [9.17, 15) is 25.4 Å². The van der Waals surface area contributed by atoms with Gasteiger partial charge in [0.15, 0.2) is 0 Å². The van der Waals surface area contributed by atoms with Gasteiger partial charge in [-0.05, 0) is 6.07 Å². The van der Waals surface area contributed by atoms with Gasteiger partial charge in [0.1, 0.15) is 0 Å². The van der Waals surface area contributed by atoms with Crippen molar-refractivity contribution >= 4 is 23.5 Å². The van der Waals surface area contributed by atoms with Crippen LogP contribution in [0.4, 0.5) is 11.4 Å². The summed E-state index contributed by atoms with van der Waals surface area (Å²) in [7, 11) is 0. The first-order valence-electron chi connectivity index (χ1n) is 4.65. The summed E-state index contributed by atoms with van der Waals surface area (Å²) in [5, 5.41) is 35.4. The lowest BCUT2D eigenvalue weighted by molar-refractivity contribution is -0.464. The quantitative estimate of drug-likeness (QED) is 0.186. The van der Waals surface area contributed by atoms with Crippen LogP contribution in [-0.2, 0) is 0 Å². The number of nitrogens with zero attached hydrogens (tertiary/aromatic N) is 4. The van der Waals surface area contributed by atoms with Gasteiger partial charge in [-0.25, -0.2) is 0 Å². The third-order valence-electron chi connectivity index (χ3n) is 1.94. The summed E-state index contributed by atoms with van der Waals surface area (Å²) in [6.07, 6.45) is 0.828. The van der Waals surface area contributed by atoms with E-state index < -0.39 is 27.2 Å². The van der Waals surface area contributed by atoms with Crippen molar-refractivity contribution in [3.05, 3.63) is 49.2 Å². The van der Waals surface area contributed by atoms with Crippen LogP contribution in [0.15, 0.2) is 23.3 Å². The summed E-state index contributed by atoms with van der Waals surface area (Å²) in [6, 6.07) is 2.88. The molecule has 4 N–H and O–H groups in total. The fourth-order valence-electron chi connectivity index (χ4n) is 1.09. The number of hydrogen-bond donors (Lipinski definition) is 2. The van der Waals surface area contributed by atoms with Crippen LogP contribution in [0, 0.1) is 25.4 Å². The van der Waals surface area contributed by atoms with Gasteiger partial charge in [-0.1, -0.05) is 0 Å². The number of nitrogens with two attached hydrogens (primary N) is 2. The van der Waals surface area contributed by atoms with Crippen LogP contribution in [0.3, 0.4) is 0 Å². The standard InChI is InChI=1S/C8H8N6O5/c9-8(10)12(15)11-4-5-1-2-6(13(16)17)3-7(5)14(18)19/h1-4H,9-10H2/b11-4+. The summed E-state index contributed by atoms with van der Waals surface area (Å²) in [5.74, 6) is -0.652. The van der Waals surface area contributed by atoms with Crippen molar-refractivity contribution in [1.29, 1.82) is 0 Å². The molecule has 0 unspecified atom stereocenters. The van der Waals surface area contributed by atoms with Crippen LogP contribution in [0.5, 0.6) is 0 Å². The zero-order chi connectivity index (χ0) is 14.6. The number of guanidine groups is 1. The zero-order valence-electron chi connectivity index (χ0n) is 9.29. The van der Waals surface area contributed by atoms with Gasteiger partial charge in [-0.3, -0.25) is 31.7 Å². The van der Waals surface area contributed by atoms with E-state index in [1.165, 1.54) is 0 Å². The summed E-state index contributed by atoms with van der Waals surface area (Å²) in [5.41, 5.74) is 8.75. The van der Waals surface area contributed by atoms with Gasteiger partial charge in [0, 0.05) is 6.07 Å². The number of hydrogen-bond acceptors (Lipinski definition) is 6. The average molecular weight is 268 g/mol. The van der Waals surface area contributed by atoms with Crippen molar-refractivity contribution in [2.75, 3.05) is 0 Å². The molecule has 0 saturated carbocycles. The lowest BCUT2D eigenvalue weighted by Crippen LogP contribution is -2.30. The Kier molecular flexibility index (Phi) is 3.93. The van der Waals surface area contributed by atoms with Gasteiger partial charge in [0.05, 0.1) is 27.7 Å². The van der Waals surface area contributed by atoms with Crippen molar-refractivity contribution in [3.8, 4) is 0 Å². The molecule has 0 fully saturated rings. The molecule has 1 aromatic carbocycles. The van der Waals surface area contributed by atoms with Crippen molar-refractivity contribution in [3.63, 3.8) is 0 Å². The Hall–Kier alpha value is -3.24. The number of nitro benzene ring substituents is 2. The van der Waals surface area contributed by atoms with Crippen LogP contribution < -0.4 is 11.5 Å². The molecule has 0 aromatic heterocycles. The van der Waals surface area contributed by atoms with Crippen LogP contribution in [0.1, 0.15) is 5.56 Å². The number of non-ortho nitro benzene ring substituents is 1. The topological polar surface area (TPSA) is 177 Å². The molecule has 0 atom stereocenters. The summed E-state index contributed by atoms with van der Waals surface area (Å²) in [4.78, 5) is 19.5. The molecule has 0 amide bonds. The molecule has 1 rings (SSSR count). The highest BCUT2D eigenvalue weighted by Crippen LogP contribution is 2.23. The van der Waals surface area contributed by atoms with Crippen molar-refractivity contribution in [2.24, 2.45) is 16.6 Å². The van der Waals surface area contributed by atoms with Crippen molar-refractivity contribution < 1.29 is 14.7 Å². The molecule has 0 aliphatic rings. The molecule has 0 aliphatic heterocycles. The SMILES string of the molecule is NC(N)=[N+]([O-])/N=C/c1ccc([N+](=O)[O-])cc1[N+](=O)[O-]. The van der Waals surface area contributed by atoms with E-state index in [1.54, 1.807) is 0 Å². The first kappa shape index (κ1) is 13.8. The molecule has 19 heavy (non-hydrogen) atoms. The van der Waals surface area contributed by atoms with Gasteiger partial charge in [0.2, 0.25) is 0 Å². The van der Waals surface area contributed by atoms with Gasteiger partial charge >= 0.3 is 5.96 Å². The fourth-order valence-corrected chi connectivity index (χ4v) is 1.09. The third-order valence-corrected chi connectivity index (χ3v) is 1.94. The van der Waals surface area contributed by atoms with E-state index in [0.29, 0.717) is 0 Å². The lowest BCUT2D eigenvalue weighted by atomic mass is 10.2. The molecule has 100 valence electrons. The lowest BCUT2D eigenvalue weighted by Gasteiger charge is -2.02. The largest absolute Gasteiger partial charge is 0.722 e. The third kappa shape index (κ3) is 3.36. The first-order chi connectivity index (χ1) is 8.82. The van der Waals surface area contributed by atoms with E-state index in [2.05, 4.69) is 5.10 Å². The summed E-state index contributed by atoms with van der Waals surface area (Å²) >= 11 is 0. The minimum Gasteiger partial charge on any atom is -0.722 e. The Morgan fingerprint density at radius 3 is 2.26 bits per heavy atom. The first-order valence-corrected chi connectivity index (χ1v) is 4.65. The maximum absolute atomic E-state index is 10.9. The Labute approximate surface area is 105 Å². The van der Waals surface area contributed by atoms with E-state index in [1.807, 2.05) is 0 Å². The predicted octanol–water partition coefficient (Wildman–Crippen LogP) is -0.379. The molecule has 0 spiro atoms. The molecule has 1 aromatic rings.